The summed E-state index contributed by atoms with van der Waals surface area (Å²) in [5.74, 6) is 0.331. The molecule has 0 saturated carbocycles. The lowest BCUT2D eigenvalue weighted by molar-refractivity contribution is 0.0684. The van der Waals surface area contributed by atoms with Crippen LogP contribution in [0.25, 0.3) is 22.4 Å². The Labute approximate surface area is 176 Å². The number of aromatic nitrogens is 3. The van der Waals surface area contributed by atoms with E-state index >= 15 is 0 Å². The van der Waals surface area contributed by atoms with Crippen LogP contribution >= 0.6 is 11.6 Å². The van der Waals surface area contributed by atoms with Gasteiger partial charge in [0.2, 0.25) is 0 Å². The van der Waals surface area contributed by atoms with E-state index in [-0.39, 0.29) is 23.3 Å². The molecule has 0 bridgehead atoms. The lowest BCUT2D eigenvalue weighted by Crippen LogP contribution is -2.40. The zero-order valence-corrected chi connectivity index (χ0v) is 16.8. The summed E-state index contributed by atoms with van der Waals surface area (Å²) in [6.45, 7) is 1.10. The van der Waals surface area contributed by atoms with Crippen molar-refractivity contribution in [2.24, 2.45) is 0 Å². The van der Waals surface area contributed by atoms with Crippen LogP contribution in [0.4, 0.5) is 0 Å². The fraction of sp³-hybridized carbons (Fsp3) is 0.227. The highest BCUT2D eigenvalue weighted by Crippen LogP contribution is 2.27. The van der Waals surface area contributed by atoms with Gasteiger partial charge in [-0.1, -0.05) is 41.0 Å². The van der Waals surface area contributed by atoms with Crippen molar-refractivity contribution in [2.45, 2.75) is 18.9 Å². The number of nitrogens with one attached hydrogen (secondary N) is 1. The Hall–Kier alpha value is -3.32. The van der Waals surface area contributed by atoms with E-state index in [4.69, 9.17) is 16.1 Å². The number of likely N-dealkylation sites (tertiary alicyclic amines) is 1. The molecule has 1 amide bonds. The Bertz CT molecular complexity index is 1280. The van der Waals surface area contributed by atoms with E-state index in [0.29, 0.717) is 36.7 Å². The zero-order chi connectivity index (χ0) is 20.7. The van der Waals surface area contributed by atoms with Crippen LogP contribution in [-0.4, -0.2) is 38.6 Å². The summed E-state index contributed by atoms with van der Waals surface area (Å²) < 4.78 is 7.17. The number of H-pyrrole nitrogens is 1. The number of fused-ring (bicyclic) bond motifs is 1. The van der Waals surface area contributed by atoms with Gasteiger partial charge in [0.05, 0.1) is 11.0 Å². The first-order chi connectivity index (χ1) is 14.6. The van der Waals surface area contributed by atoms with Crippen molar-refractivity contribution < 1.29 is 9.32 Å². The largest absolute Gasteiger partial charge is 0.355 e. The monoisotopic (exact) mass is 422 g/mol. The quantitative estimate of drug-likeness (QED) is 0.538. The molecule has 1 N–H and O–H groups in total. The SMILES string of the molecule is O=C(c1cc(-c2cccc(Cl)c2)on1)N1CCC(n2c(=O)[nH]c3ccccc32)CC1. The maximum absolute atomic E-state index is 12.9. The predicted molar refractivity (Wildman–Crippen MR) is 114 cm³/mol. The van der Waals surface area contributed by atoms with Gasteiger partial charge in [0.1, 0.15) is 0 Å². The summed E-state index contributed by atoms with van der Waals surface area (Å²) in [6, 6.07) is 16.6. The molecule has 0 radical (unpaired) electrons. The van der Waals surface area contributed by atoms with Crippen molar-refractivity contribution in [2.75, 3.05) is 13.1 Å². The first kappa shape index (κ1) is 18.7. The fourth-order valence-corrected chi connectivity index (χ4v) is 4.27. The van der Waals surface area contributed by atoms with Crippen LogP contribution in [0.15, 0.2) is 63.9 Å². The molecule has 7 nitrogen and oxygen atoms in total. The molecule has 3 heterocycles. The van der Waals surface area contributed by atoms with E-state index in [2.05, 4.69) is 10.1 Å². The summed E-state index contributed by atoms with van der Waals surface area (Å²) in [5.41, 5.74) is 2.66. The molecule has 1 aliphatic heterocycles. The summed E-state index contributed by atoms with van der Waals surface area (Å²) in [6.07, 6.45) is 1.40. The number of amides is 1. The van der Waals surface area contributed by atoms with Crippen molar-refractivity contribution in [1.82, 2.24) is 19.6 Å². The lowest BCUT2D eigenvalue weighted by atomic mass is 10.0. The Morgan fingerprint density at radius 1 is 1.10 bits per heavy atom. The summed E-state index contributed by atoms with van der Waals surface area (Å²) in [5, 5.41) is 4.54. The van der Waals surface area contributed by atoms with E-state index in [0.717, 1.165) is 16.6 Å². The standard InChI is InChI=1S/C22H19ClN4O3/c23-15-5-3-4-14(12-15)20-13-18(25-30-20)21(28)26-10-8-16(9-11-26)27-19-7-2-1-6-17(19)24-22(27)29/h1-7,12-13,16H,8-11H2,(H,24,29). The van der Waals surface area contributed by atoms with Crippen molar-refractivity contribution >= 4 is 28.5 Å². The first-order valence-corrected chi connectivity index (χ1v) is 10.2. The molecule has 1 fully saturated rings. The molecule has 4 aromatic rings. The number of carbonyl (C=O) groups is 1. The Kier molecular flexibility index (Phi) is 4.67. The van der Waals surface area contributed by atoms with Gasteiger partial charge in [-0.05, 0) is 37.1 Å². The molecule has 1 saturated heterocycles. The van der Waals surface area contributed by atoms with Crippen LogP contribution < -0.4 is 5.69 Å². The Balaban J connectivity index is 1.30. The molecule has 0 unspecified atom stereocenters. The second-order valence-electron chi connectivity index (χ2n) is 7.43. The predicted octanol–water partition coefficient (Wildman–Crippen LogP) is 4.12. The number of rotatable bonds is 3. The molecular weight excluding hydrogens is 404 g/mol. The summed E-state index contributed by atoms with van der Waals surface area (Å²) >= 11 is 6.03. The lowest BCUT2D eigenvalue weighted by Gasteiger charge is -2.32. The number of aromatic amines is 1. The highest BCUT2D eigenvalue weighted by Gasteiger charge is 2.28. The number of halogens is 1. The minimum absolute atomic E-state index is 0.0528. The third-order valence-corrected chi connectivity index (χ3v) is 5.81. The normalized spacial score (nSPS) is 15.0. The van der Waals surface area contributed by atoms with Gasteiger partial charge in [-0.3, -0.25) is 9.36 Å². The molecule has 8 heteroatoms. The van der Waals surface area contributed by atoms with Crippen LogP contribution in [0.3, 0.4) is 0 Å². The number of nitrogens with zero attached hydrogens (tertiary/aromatic N) is 3. The number of piperidine rings is 1. The average molecular weight is 423 g/mol. The van der Waals surface area contributed by atoms with E-state index in [9.17, 15) is 9.59 Å². The molecule has 152 valence electrons. The molecule has 0 aliphatic carbocycles. The van der Waals surface area contributed by atoms with Crippen LogP contribution in [-0.2, 0) is 0 Å². The fourth-order valence-electron chi connectivity index (χ4n) is 4.08. The second-order valence-corrected chi connectivity index (χ2v) is 7.86. The maximum Gasteiger partial charge on any atom is 0.326 e. The second kappa shape index (κ2) is 7.50. The summed E-state index contributed by atoms with van der Waals surface area (Å²) in [7, 11) is 0. The van der Waals surface area contributed by atoms with E-state index in [1.165, 1.54) is 0 Å². The van der Waals surface area contributed by atoms with Gasteiger partial charge in [0, 0.05) is 35.8 Å². The van der Waals surface area contributed by atoms with Crippen LogP contribution in [0.2, 0.25) is 5.02 Å². The highest BCUT2D eigenvalue weighted by atomic mass is 35.5. The van der Waals surface area contributed by atoms with Crippen molar-refractivity contribution in [1.29, 1.82) is 0 Å². The number of imidazole rings is 1. The van der Waals surface area contributed by atoms with Gasteiger partial charge in [-0.2, -0.15) is 0 Å². The van der Waals surface area contributed by atoms with Gasteiger partial charge in [-0.25, -0.2) is 4.79 Å². The number of benzene rings is 2. The molecule has 1 aliphatic rings. The Morgan fingerprint density at radius 3 is 2.70 bits per heavy atom. The maximum atomic E-state index is 12.9. The van der Waals surface area contributed by atoms with E-state index in [1.807, 2.05) is 41.0 Å². The Morgan fingerprint density at radius 2 is 1.90 bits per heavy atom. The third-order valence-electron chi connectivity index (χ3n) is 5.58. The highest BCUT2D eigenvalue weighted by molar-refractivity contribution is 6.30. The number of hydrogen-bond donors (Lipinski definition) is 1. The average Bonchev–Trinajstić information content (AvgIpc) is 3.38. The number of para-hydroxylation sites is 2. The topological polar surface area (TPSA) is 84.1 Å². The third kappa shape index (κ3) is 3.31. The van der Waals surface area contributed by atoms with Gasteiger partial charge in [0.25, 0.3) is 5.91 Å². The molecule has 0 atom stereocenters. The molecular formula is C22H19ClN4O3. The molecule has 30 heavy (non-hydrogen) atoms. The molecule has 2 aromatic heterocycles. The van der Waals surface area contributed by atoms with Gasteiger partial charge in [0.15, 0.2) is 11.5 Å². The minimum atomic E-state index is -0.170. The van der Waals surface area contributed by atoms with Gasteiger partial charge in [-0.15, -0.1) is 0 Å². The van der Waals surface area contributed by atoms with E-state index < -0.39 is 0 Å². The van der Waals surface area contributed by atoms with Crippen molar-refractivity contribution in [3.63, 3.8) is 0 Å². The molecule has 2 aromatic carbocycles. The minimum Gasteiger partial charge on any atom is -0.355 e. The molecule has 0 spiro atoms. The number of carbonyl (C=O) groups excluding carboxylic acids is 1. The number of hydrogen-bond acceptors (Lipinski definition) is 4. The van der Waals surface area contributed by atoms with E-state index in [1.54, 1.807) is 23.1 Å². The smallest absolute Gasteiger partial charge is 0.326 e. The van der Waals surface area contributed by atoms with Crippen LogP contribution in [0, 0.1) is 0 Å². The van der Waals surface area contributed by atoms with Gasteiger partial charge >= 0.3 is 5.69 Å². The van der Waals surface area contributed by atoms with Gasteiger partial charge < -0.3 is 14.4 Å². The van der Waals surface area contributed by atoms with Crippen LogP contribution in [0.1, 0.15) is 29.4 Å². The summed E-state index contributed by atoms with van der Waals surface area (Å²) in [4.78, 5) is 30.0. The van der Waals surface area contributed by atoms with Crippen LogP contribution in [0.5, 0.6) is 0 Å². The molecule has 5 rings (SSSR count). The van der Waals surface area contributed by atoms with Crippen molar-refractivity contribution in [3.05, 3.63) is 75.8 Å². The van der Waals surface area contributed by atoms with Crippen molar-refractivity contribution in [3.8, 4) is 11.3 Å². The first-order valence-electron chi connectivity index (χ1n) is 9.81. The zero-order valence-electron chi connectivity index (χ0n) is 16.0.